The van der Waals surface area contributed by atoms with Crippen molar-refractivity contribution in [2.75, 3.05) is 13.2 Å². The van der Waals surface area contributed by atoms with Gasteiger partial charge in [-0.15, -0.1) is 0 Å². The molecule has 0 radical (unpaired) electrons. The minimum Gasteiger partial charge on any atom is -0.462 e. The Bertz CT molecular complexity index is 1480. The van der Waals surface area contributed by atoms with Crippen LogP contribution in [0, 0.1) is 0 Å². The van der Waals surface area contributed by atoms with Crippen molar-refractivity contribution < 1.29 is 28.6 Å². The summed E-state index contributed by atoms with van der Waals surface area (Å²) in [7, 11) is 0. The van der Waals surface area contributed by atoms with Crippen molar-refractivity contribution in [3.63, 3.8) is 0 Å². The predicted octanol–water partition coefficient (Wildman–Crippen LogP) is 23.1. The van der Waals surface area contributed by atoms with Gasteiger partial charge in [-0.05, 0) is 116 Å². The molecule has 0 aromatic carbocycles. The van der Waals surface area contributed by atoms with Crippen LogP contribution in [-0.2, 0) is 28.6 Å². The third-order valence-corrected chi connectivity index (χ3v) is 14.6. The number of carbonyl (C=O) groups excluding carboxylic acids is 3. The summed E-state index contributed by atoms with van der Waals surface area (Å²) < 4.78 is 17.0. The standard InChI is InChI=1S/C72H126O6/c1-4-7-10-13-16-19-22-25-28-30-32-34-35-36-37-39-40-42-44-47-50-53-56-59-62-65-71(74)77-68-69(67-76-70(73)64-61-58-55-52-49-46-27-24-21-18-15-12-9-6-3)78-72(75)66-63-60-57-54-51-48-45-43-41-38-33-31-29-26-23-20-17-14-11-8-5-2/h8,11,17,20,22,24-27,29-30,32-33,38,69H,4-7,9-10,12-16,18-19,21,23,28,31,34-37,39-68H2,1-3H3/b11-8-,20-17-,25-22-,27-24-,29-26-,32-30-,38-33-. The van der Waals surface area contributed by atoms with Gasteiger partial charge >= 0.3 is 17.9 Å². The molecule has 0 aromatic heterocycles. The van der Waals surface area contributed by atoms with E-state index in [1.807, 2.05) is 0 Å². The van der Waals surface area contributed by atoms with Crippen molar-refractivity contribution in [3.8, 4) is 0 Å². The number of allylic oxidation sites excluding steroid dienone is 14. The van der Waals surface area contributed by atoms with E-state index in [0.29, 0.717) is 19.3 Å². The summed E-state index contributed by atoms with van der Waals surface area (Å²) in [6.07, 6.45) is 87.4. The smallest absolute Gasteiger partial charge is 0.306 e. The lowest BCUT2D eigenvalue weighted by Crippen LogP contribution is -2.30. The van der Waals surface area contributed by atoms with E-state index in [1.54, 1.807) is 0 Å². The zero-order chi connectivity index (χ0) is 56.4. The van der Waals surface area contributed by atoms with E-state index in [9.17, 15) is 14.4 Å². The third-order valence-electron chi connectivity index (χ3n) is 14.6. The second-order valence-electron chi connectivity index (χ2n) is 22.3. The number of carbonyl (C=O) groups is 3. The van der Waals surface area contributed by atoms with E-state index in [4.69, 9.17) is 14.2 Å². The van der Waals surface area contributed by atoms with Gasteiger partial charge in [0.1, 0.15) is 13.2 Å². The molecule has 0 amide bonds. The highest BCUT2D eigenvalue weighted by Gasteiger charge is 2.19. The van der Waals surface area contributed by atoms with E-state index in [2.05, 4.69) is 106 Å². The molecule has 0 fully saturated rings. The van der Waals surface area contributed by atoms with E-state index in [0.717, 1.165) is 103 Å². The Morgan fingerprint density at radius 1 is 0.269 bits per heavy atom. The molecule has 0 aliphatic rings. The van der Waals surface area contributed by atoms with Crippen LogP contribution in [0.1, 0.15) is 335 Å². The van der Waals surface area contributed by atoms with Crippen molar-refractivity contribution in [1.82, 2.24) is 0 Å². The minimum absolute atomic E-state index is 0.0811. The van der Waals surface area contributed by atoms with Gasteiger partial charge in [-0.3, -0.25) is 14.4 Å². The van der Waals surface area contributed by atoms with Crippen LogP contribution < -0.4 is 0 Å². The van der Waals surface area contributed by atoms with Gasteiger partial charge < -0.3 is 14.2 Å². The molecule has 0 bridgehead atoms. The van der Waals surface area contributed by atoms with Crippen LogP contribution in [0.5, 0.6) is 0 Å². The van der Waals surface area contributed by atoms with Gasteiger partial charge in [-0.25, -0.2) is 0 Å². The van der Waals surface area contributed by atoms with Crippen LogP contribution in [0.2, 0.25) is 0 Å². The first-order chi connectivity index (χ1) is 38.5. The van der Waals surface area contributed by atoms with Crippen molar-refractivity contribution in [2.45, 2.75) is 341 Å². The van der Waals surface area contributed by atoms with Gasteiger partial charge in [0.05, 0.1) is 0 Å². The predicted molar refractivity (Wildman–Crippen MR) is 339 cm³/mol. The number of hydrogen-bond donors (Lipinski definition) is 0. The van der Waals surface area contributed by atoms with E-state index < -0.39 is 6.10 Å². The molecule has 6 nitrogen and oxygen atoms in total. The normalized spacial score (nSPS) is 12.6. The number of rotatable bonds is 61. The van der Waals surface area contributed by atoms with Gasteiger partial charge in [-0.1, -0.05) is 286 Å². The van der Waals surface area contributed by atoms with Gasteiger partial charge in [0.25, 0.3) is 0 Å². The molecule has 0 N–H and O–H groups in total. The summed E-state index contributed by atoms with van der Waals surface area (Å²) in [6.45, 7) is 6.53. The fourth-order valence-corrected chi connectivity index (χ4v) is 9.58. The molecule has 0 aliphatic heterocycles. The summed E-state index contributed by atoms with van der Waals surface area (Å²) >= 11 is 0. The monoisotopic (exact) mass is 1090 g/mol. The maximum absolute atomic E-state index is 12.9. The quantitative estimate of drug-likeness (QED) is 0.0261. The molecule has 78 heavy (non-hydrogen) atoms. The number of unbranched alkanes of at least 4 members (excludes halogenated alkanes) is 36. The van der Waals surface area contributed by atoms with Crippen molar-refractivity contribution >= 4 is 17.9 Å². The molecular formula is C72H126O6. The summed E-state index contributed by atoms with van der Waals surface area (Å²) in [5.74, 6) is -0.884. The topological polar surface area (TPSA) is 78.9 Å². The van der Waals surface area contributed by atoms with Crippen LogP contribution in [0.3, 0.4) is 0 Å². The minimum atomic E-state index is -0.786. The molecule has 1 unspecified atom stereocenters. The second-order valence-corrected chi connectivity index (χ2v) is 22.3. The highest BCUT2D eigenvalue weighted by Crippen LogP contribution is 2.17. The maximum atomic E-state index is 12.9. The highest BCUT2D eigenvalue weighted by molar-refractivity contribution is 5.71. The van der Waals surface area contributed by atoms with Crippen LogP contribution in [-0.4, -0.2) is 37.2 Å². The Labute approximate surface area is 484 Å². The maximum Gasteiger partial charge on any atom is 0.306 e. The molecule has 0 aliphatic carbocycles. The second kappa shape index (κ2) is 66.1. The lowest BCUT2D eigenvalue weighted by atomic mass is 10.0. The van der Waals surface area contributed by atoms with Crippen LogP contribution in [0.15, 0.2) is 85.1 Å². The van der Waals surface area contributed by atoms with Gasteiger partial charge in [-0.2, -0.15) is 0 Å². The third kappa shape index (κ3) is 63.4. The van der Waals surface area contributed by atoms with Crippen molar-refractivity contribution in [3.05, 3.63) is 85.1 Å². The molecule has 1 atom stereocenters. The summed E-state index contributed by atoms with van der Waals surface area (Å²) in [5, 5.41) is 0. The molecule has 0 rings (SSSR count). The molecule has 0 saturated heterocycles. The average Bonchev–Trinajstić information content (AvgIpc) is 3.44. The average molecular weight is 1090 g/mol. The van der Waals surface area contributed by atoms with Crippen LogP contribution >= 0.6 is 0 Å². The first-order valence-electron chi connectivity index (χ1n) is 33.6. The SMILES string of the molecule is CC/C=C\C/C=C\C/C=C\C/C=C\CCCCCCCCCCC(=O)OC(COC(=O)CCCCCCC/C=C\CCCCCCC)COC(=O)CCCCCCCCCCCCCCC/C=C\C/C=C\CCCCCCC. The van der Waals surface area contributed by atoms with Crippen LogP contribution in [0.25, 0.3) is 0 Å². The Hall–Kier alpha value is -3.41. The summed E-state index contributed by atoms with van der Waals surface area (Å²) in [4.78, 5) is 38.4. The molecule has 0 spiro atoms. The molecule has 6 heteroatoms. The molecular weight excluding hydrogens is 961 g/mol. The number of hydrogen-bond acceptors (Lipinski definition) is 6. The van der Waals surface area contributed by atoms with Crippen molar-refractivity contribution in [1.29, 1.82) is 0 Å². The Morgan fingerprint density at radius 2 is 0.500 bits per heavy atom. The van der Waals surface area contributed by atoms with Gasteiger partial charge in [0, 0.05) is 19.3 Å². The van der Waals surface area contributed by atoms with Crippen molar-refractivity contribution in [2.24, 2.45) is 0 Å². The first kappa shape index (κ1) is 74.6. The summed E-state index contributed by atoms with van der Waals surface area (Å²) in [5.41, 5.74) is 0. The van der Waals surface area contributed by atoms with Gasteiger partial charge in [0.2, 0.25) is 0 Å². The number of esters is 3. The van der Waals surface area contributed by atoms with E-state index in [-0.39, 0.29) is 31.1 Å². The highest BCUT2D eigenvalue weighted by atomic mass is 16.6. The fraction of sp³-hybridized carbons (Fsp3) is 0.764. The molecule has 0 heterocycles. The number of ether oxygens (including phenoxy) is 3. The van der Waals surface area contributed by atoms with E-state index >= 15 is 0 Å². The Morgan fingerprint density at radius 3 is 0.795 bits per heavy atom. The molecule has 0 saturated carbocycles. The van der Waals surface area contributed by atoms with Gasteiger partial charge in [0.15, 0.2) is 6.10 Å². The lowest BCUT2D eigenvalue weighted by molar-refractivity contribution is -0.167. The molecule has 450 valence electrons. The Balaban J connectivity index is 4.32. The summed E-state index contributed by atoms with van der Waals surface area (Å²) in [6, 6.07) is 0. The Kier molecular flexibility index (Phi) is 63.2. The zero-order valence-corrected chi connectivity index (χ0v) is 51.7. The zero-order valence-electron chi connectivity index (χ0n) is 51.7. The first-order valence-corrected chi connectivity index (χ1v) is 33.6. The fourth-order valence-electron chi connectivity index (χ4n) is 9.58. The molecule has 0 aromatic rings. The van der Waals surface area contributed by atoms with Crippen LogP contribution in [0.4, 0.5) is 0 Å². The largest absolute Gasteiger partial charge is 0.462 e. The lowest BCUT2D eigenvalue weighted by Gasteiger charge is -2.18. The van der Waals surface area contributed by atoms with E-state index in [1.165, 1.54) is 193 Å².